The summed E-state index contributed by atoms with van der Waals surface area (Å²) in [6.45, 7) is 5.55. The Morgan fingerprint density at radius 2 is 2.15 bits per heavy atom. The van der Waals surface area contributed by atoms with Gasteiger partial charge in [0, 0.05) is 35.6 Å². The van der Waals surface area contributed by atoms with Crippen molar-refractivity contribution < 1.29 is 14.6 Å². The quantitative estimate of drug-likeness (QED) is 0.778. The molecule has 2 bridgehead atoms. The second kappa shape index (κ2) is 6.89. The molecule has 3 atom stereocenters. The van der Waals surface area contributed by atoms with Gasteiger partial charge < -0.3 is 20.5 Å². The van der Waals surface area contributed by atoms with Gasteiger partial charge in [-0.25, -0.2) is 0 Å². The molecule has 0 spiro atoms. The third-order valence-electron chi connectivity index (χ3n) is 5.50. The third-order valence-corrected chi connectivity index (χ3v) is 5.50. The minimum atomic E-state index is -0.145. The molecule has 0 aliphatic carbocycles. The first kappa shape index (κ1) is 17.3. The van der Waals surface area contributed by atoms with Gasteiger partial charge in [0.15, 0.2) is 5.69 Å². The van der Waals surface area contributed by atoms with E-state index in [9.17, 15) is 9.90 Å². The number of rotatable bonds is 4. The first-order valence-electron chi connectivity index (χ1n) is 9.41. The summed E-state index contributed by atoms with van der Waals surface area (Å²) in [4.78, 5) is 13.0. The Bertz CT molecular complexity index is 806. The van der Waals surface area contributed by atoms with E-state index in [1.165, 1.54) is 0 Å². The van der Waals surface area contributed by atoms with E-state index in [2.05, 4.69) is 29.6 Å². The molecule has 2 fully saturated rings. The van der Waals surface area contributed by atoms with E-state index in [-0.39, 0.29) is 23.7 Å². The molecule has 3 N–H and O–H groups in total. The third kappa shape index (κ3) is 3.17. The van der Waals surface area contributed by atoms with E-state index in [1.807, 2.05) is 4.68 Å². The van der Waals surface area contributed by atoms with E-state index in [4.69, 9.17) is 4.74 Å². The summed E-state index contributed by atoms with van der Waals surface area (Å²) in [5, 5.41) is 21.9. The van der Waals surface area contributed by atoms with Gasteiger partial charge in [0.25, 0.3) is 5.91 Å². The van der Waals surface area contributed by atoms with Crippen LogP contribution in [0.2, 0.25) is 0 Å². The van der Waals surface area contributed by atoms with Gasteiger partial charge in [-0.1, -0.05) is 6.92 Å². The van der Waals surface area contributed by atoms with Crippen LogP contribution in [0, 0.1) is 0 Å². The second-order valence-electron chi connectivity index (χ2n) is 7.49. The highest BCUT2D eigenvalue weighted by atomic mass is 16.5. The van der Waals surface area contributed by atoms with Crippen LogP contribution in [0.15, 0.2) is 18.2 Å². The highest BCUT2D eigenvalue weighted by Gasteiger charge is 2.33. The van der Waals surface area contributed by atoms with Crippen LogP contribution in [-0.2, 0) is 4.74 Å². The van der Waals surface area contributed by atoms with Crippen LogP contribution in [0.1, 0.15) is 49.6 Å². The molecule has 2 aliphatic heterocycles. The maximum Gasteiger partial charge on any atom is 0.272 e. The molecule has 1 aromatic heterocycles. The van der Waals surface area contributed by atoms with Crippen molar-refractivity contribution in [3.8, 4) is 5.75 Å². The van der Waals surface area contributed by atoms with E-state index < -0.39 is 0 Å². The number of fused-ring (bicyclic) bond motifs is 3. The van der Waals surface area contributed by atoms with Crippen LogP contribution in [0.4, 0.5) is 0 Å². The maximum absolute atomic E-state index is 13.0. The van der Waals surface area contributed by atoms with Gasteiger partial charge >= 0.3 is 0 Å². The van der Waals surface area contributed by atoms with Crippen molar-refractivity contribution in [2.24, 2.45) is 0 Å². The van der Waals surface area contributed by atoms with E-state index in [1.54, 1.807) is 18.2 Å². The predicted molar refractivity (Wildman–Crippen MR) is 98.4 cm³/mol. The van der Waals surface area contributed by atoms with E-state index in [0.29, 0.717) is 31.0 Å². The van der Waals surface area contributed by atoms with Crippen molar-refractivity contribution in [3.05, 3.63) is 23.9 Å². The molecule has 7 nitrogen and oxygen atoms in total. The largest absolute Gasteiger partial charge is 0.508 e. The molecule has 1 unspecified atom stereocenters. The topological polar surface area (TPSA) is 88.4 Å². The fraction of sp³-hybridized carbons (Fsp3) is 0.579. The minimum absolute atomic E-state index is 0.128. The standard InChI is InChI=1S/C19H26N4O3/c1-3-11(2)23-17-8-15(24)4-5-16(17)18(22-23)19(25)21-12-6-13-9-26-10-14(7-12)20-13/h4-5,8,11-14,20,24H,3,6-7,9-10H2,1-2H3,(H,21,25)/t11?,13-,14-/m0/s1. The van der Waals surface area contributed by atoms with E-state index in [0.717, 1.165) is 30.2 Å². The van der Waals surface area contributed by atoms with Crippen LogP contribution in [0.25, 0.3) is 10.9 Å². The lowest BCUT2D eigenvalue weighted by Gasteiger charge is -2.40. The number of piperidine rings is 1. The van der Waals surface area contributed by atoms with Gasteiger partial charge in [-0.3, -0.25) is 9.48 Å². The second-order valence-corrected chi connectivity index (χ2v) is 7.49. The summed E-state index contributed by atoms with van der Waals surface area (Å²) in [6.07, 6.45) is 2.63. The average molecular weight is 358 g/mol. The van der Waals surface area contributed by atoms with Gasteiger partial charge in [0.1, 0.15) is 5.75 Å². The lowest BCUT2D eigenvalue weighted by atomic mass is 9.92. The first-order valence-corrected chi connectivity index (χ1v) is 9.41. The van der Waals surface area contributed by atoms with Gasteiger partial charge in [0.05, 0.1) is 18.7 Å². The van der Waals surface area contributed by atoms with Crippen LogP contribution < -0.4 is 10.6 Å². The smallest absolute Gasteiger partial charge is 0.272 e. The number of aromatic nitrogens is 2. The Balaban J connectivity index is 1.60. The normalized spacial score (nSPS) is 26.6. The Labute approximate surface area is 152 Å². The van der Waals surface area contributed by atoms with Crippen molar-refractivity contribution in [3.63, 3.8) is 0 Å². The number of phenols is 1. The zero-order valence-electron chi connectivity index (χ0n) is 15.2. The molecule has 0 radical (unpaired) electrons. The molecule has 2 aromatic rings. The minimum Gasteiger partial charge on any atom is -0.508 e. The highest BCUT2D eigenvalue weighted by molar-refractivity contribution is 6.05. The average Bonchev–Trinajstić information content (AvgIpc) is 2.99. The SMILES string of the molecule is CCC(C)n1nc(C(=O)NC2C[C@H]3COC[C@H](C2)N3)c2ccc(O)cc21. The lowest BCUT2D eigenvalue weighted by molar-refractivity contribution is 0.0148. The Morgan fingerprint density at radius 3 is 2.85 bits per heavy atom. The molecule has 7 heteroatoms. The number of phenolic OH excluding ortho intramolecular Hbond substituents is 1. The van der Waals surface area contributed by atoms with Crippen molar-refractivity contribution in [1.29, 1.82) is 0 Å². The molecular formula is C19H26N4O3. The lowest BCUT2D eigenvalue weighted by Crippen LogP contribution is -2.58. The molecule has 26 heavy (non-hydrogen) atoms. The number of morpholine rings is 1. The number of aromatic hydroxyl groups is 1. The summed E-state index contributed by atoms with van der Waals surface area (Å²) in [5.74, 6) is 0.0359. The van der Waals surface area contributed by atoms with Crippen LogP contribution in [0.3, 0.4) is 0 Å². The highest BCUT2D eigenvalue weighted by Crippen LogP contribution is 2.27. The number of ether oxygens (including phenoxy) is 1. The van der Waals surface area contributed by atoms with Gasteiger partial charge in [-0.2, -0.15) is 5.10 Å². The van der Waals surface area contributed by atoms with Crippen molar-refractivity contribution in [1.82, 2.24) is 20.4 Å². The monoisotopic (exact) mass is 358 g/mol. The van der Waals surface area contributed by atoms with Crippen LogP contribution in [0.5, 0.6) is 5.75 Å². The number of carbonyl (C=O) groups is 1. The molecule has 1 amide bonds. The van der Waals surface area contributed by atoms with Gasteiger partial charge in [-0.05, 0) is 38.3 Å². The van der Waals surface area contributed by atoms with Gasteiger partial charge in [0.2, 0.25) is 0 Å². The van der Waals surface area contributed by atoms with Crippen molar-refractivity contribution in [2.45, 2.75) is 57.3 Å². The molecule has 3 heterocycles. The molecule has 4 rings (SSSR count). The molecule has 1 aromatic carbocycles. The zero-order valence-corrected chi connectivity index (χ0v) is 15.2. The predicted octanol–water partition coefficient (Wildman–Crippen LogP) is 1.96. The molecule has 140 valence electrons. The molecule has 0 saturated carbocycles. The number of nitrogens with zero attached hydrogens (tertiary/aromatic N) is 2. The number of carbonyl (C=O) groups excluding carboxylic acids is 1. The Hall–Kier alpha value is -2.12. The van der Waals surface area contributed by atoms with Crippen LogP contribution >= 0.6 is 0 Å². The first-order chi connectivity index (χ1) is 12.5. The molecule has 2 saturated heterocycles. The summed E-state index contributed by atoms with van der Waals surface area (Å²) >= 11 is 0. The van der Waals surface area contributed by atoms with E-state index >= 15 is 0 Å². The number of hydrogen-bond donors (Lipinski definition) is 3. The van der Waals surface area contributed by atoms with Gasteiger partial charge in [-0.15, -0.1) is 0 Å². The summed E-state index contributed by atoms with van der Waals surface area (Å²) in [5.41, 5.74) is 1.22. The number of amides is 1. The fourth-order valence-corrected chi connectivity index (χ4v) is 4.01. The summed E-state index contributed by atoms with van der Waals surface area (Å²) in [6, 6.07) is 5.94. The zero-order chi connectivity index (χ0) is 18.3. The summed E-state index contributed by atoms with van der Waals surface area (Å²) < 4.78 is 7.41. The summed E-state index contributed by atoms with van der Waals surface area (Å²) in [7, 11) is 0. The maximum atomic E-state index is 13.0. The Kier molecular flexibility index (Phi) is 4.58. The van der Waals surface area contributed by atoms with Crippen LogP contribution in [-0.4, -0.2) is 52.1 Å². The fourth-order valence-electron chi connectivity index (χ4n) is 4.01. The van der Waals surface area contributed by atoms with Crippen molar-refractivity contribution in [2.75, 3.05) is 13.2 Å². The molecular weight excluding hydrogens is 332 g/mol. The Morgan fingerprint density at radius 1 is 1.42 bits per heavy atom. The number of nitrogens with one attached hydrogen (secondary N) is 2. The molecule has 2 aliphatic rings. The van der Waals surface area contributed by atoms with Crippen molar-refractivity contribution >= 4 is 16.8 Å². The number of hydrogen-bond acceptors (Lipinski definition) is 5. The number of benzene rings is 1.